The van der Waals surface area contributed by atoms with Crippen LogP contribution in [0.4, 0.5) is 0 Å². The van der Waals surface area contributed by atoms with E-state index < -0.39 is 5.91 Å². The van der Waals surface area contributed by atoms with Gasteiger partial charge in [-0.15, -0.1) is 0 Å². The lowest BCUT2D eigenvalue weighted by molar-refractivity contribution is -0.129. The van der Waals surface area contributed by atoms with Crippen LogP contribution in [0, 0.1) is 0 Å². The minimum absolute atomic E-state index is 0. The van der Waals surface area contributed by atoms with E-state index in [1.165, 1.54) is 5.48 Å². The highest BCUT2D eigenvalue weighted by molar-refractivity contribution is 5.98. The van der Waals surface area contributed by atoms with E-state index in [2.05, 4.69) is 13.8 Å². The summed E-state index contributed by atoms with van der Waals surface area (Å²) in [5.74, 6) is -0.266. The van der Waals surface area contributed by atoms with E-state index in [9.17, 15) is 9.59 Å². The van der Waals surface area contributed by atoms with Gasteiger partial charge in [0.2, 0.25) is 5.91 Å². The second-order valence-electron chi connectivity index (χ2n) is 4.24. The molecule has 1 rings (SSSR count). The molecule has 4 nitrogen and oxygen atoms in total. The molecule has 0 aliphatic heterocycles. The summed E-state index contributed by atoms with van der Waals surface area (Å²) in [6, 6.07) is 7.41. The first-order valence-corrected chi connectivity index (χ1v) is 5.60. The average Bonchev–Trinajstić information content (AvgIpc) is 2.35. The molecule has 0 saturated carbocycles. The molecule has 0 bridgehead atoms. The second kappa shape index (κ2) is 7.61. The highest BCUT2D eigenvalue weighted by Crippen LogP contribution is 2.16. The third-order valence-electron chi connectivity index (χ3n) is 2.58. The Morgan fingerprint density at radius 1 is 1.28 bits per heavy atom. The highest BCUT2D eigenvalue weighted by Gasteiger charge is 2.10. The fraction of sp³-hybridized carbons (Fsp3) is 0.429. The van der Waals surface area contributed by atoms with E-state index in [0.717, 1.165) is 5.56 Å². The lowest BCUT2D eigenvalue weighted by atomic mass is 9.98. The Morgan fingerprint density at radius 2 is 1.94 bits per heavy atom. The molecule has 0 heterocycles. The van der Waals surface area contributed by atoms with Crippen molar-refractivity contribution in [1.29, 1.82) is 0 Å². The van der Waals surface area contributed by atoms with Crippen LogP contribution in [0.2, 0.25) is 0 Å². The van der Waals surface area contributed by atoms with E-state index in [1.807, 2.05) is 18.2 Å². The number of ketones is 1. The van der Waals surface area contributed by atoms with Crippen molar-refractivity contribution in [2.24, 2.45) is 0 Å². The van der Waals surface area contributed by atoms with Gasteiger partial charge in [-0.2, -0.15) is 0 Å². The largest absolute Gasteiger partial charge is 0.294 e. The van der Waals surface area contributed by atoms with E-state index in [4.69, 9.17) is 5.21 Å². The first-order chi connectivity index (χ1) is 8.04. The molecule has 0 aliphatic carbocycles. The number of hydroxylamine groups is 1. The summed E-state index contributed by atoms with van der Waals surface area (Å²) in [5, 5.41) is 8.32. The molecule has 4 heteroatoms. The van der Waals surface area contributed by atoms with E-state index in [-0.39, 0.29) is 26.1 Å². The zero-order valence-corrected chi connectivity index (χ0v) is 10.1. The van der Waals surface area contributed by atoms with Gasteiger partial charge in [-0.25, -0.2) is 5.48 Å². The van der Waals surface area contributed by atoms with Gasteiger partial charge in [-0.3, -0.25) is 14.8 Å². The van der Waals surface area contributed by atoms with Crippen LogP contribution in [-0.4, -0.2) is 16.9 Å². The number of hydrogen-bond acceptors (Lipinski definition) is 3. The molecule has 0 spiro atoms. The van der Waals surface area contributed by atoms with Crippen LogP contribution in [0.5, 0.6) is 0 Å². The fourth-order valence-corrected chi connectivity index (χ4v) is 1.50. The highest BCUT2D eigenvalue weighted by atomic mass is 16.5. The van der Waals surface area contributed by atoms with Gasteiger partial charge in [-0.05, 0) is 17.5 Å². The lowest BCUT2D eigenvalue weighted by Gasteiger charge is -2.07. The monoisotopic (exact) mass is 251 g/mol. The number of hydrogen-bond donors (Lipinski definition) is 2. The second-order valence-corrected chi connectivity index (χ2v) is 4.24. The zero-order chi connectivity index (χ0) is 12.8. The molecule has 0 saturated heterocycles. The molecule has 18 heavy (non-hydrogen) atoms. The normalized spacial score (nSPS) is 9.78. The van der Waals surface area contributed by atoms with Gasteiger partial charge < -0.3 is 0 Å². The third-order valence-corrected chi connectivity index (χ3v) is 2.58. The Labute approximate surface area is 108 Å². The molecule has 100 valence electrons. The Balaban J connectivity index is 0.00000289. The molecule has 1 aromatic carbocycles. The van der Waals surface area contributed by atoms with Crippen LogP contribution in [0.15, 0.2) is 24.3 Å². The van der Waals surface area contributed by atoms with Crippen LogP contribution in [0.1, 0.15) is 56.0 Å². The zero-order valence-electron chi connectivity index (χ0n) is 10.1. The van der Waals surface area contributed by atoms with Crippen molar-refractivity contribution in [3.05, 3.63) is 35.4 Å². The minimum Gasteiger partial charge on any atom is -0.294 e. The smallest absolute Gasteiger partial charge is 0.243 e. The Bertz CT molecular complexity index is 413. The number of carbonyl (C=O) groups excluding carboxylic acids is 2. The first kappa shape index (κ1) is 16.3. The van der Waals surface area contributed by atoms with Crippen molar-refractivity contribution in [1.82, 2.24) is 5.48 Å². The predicted octanol–water partition coefficient (Wildman–Crippen LogP) is 2.91. The Kier molecular flexibility index (Phi) is 6.90. The van der Waals surface area contributed by atoms with E-state index >= 15 is 0 Å². The molecule has 0 atom stereocenters. The van der Waals surface area contributed by atoms with Crippen LogP contribution in [-0.2, 0) is 4.79 Å². The van der Waals surface area contributed by atoms with Gasteiger partial charge in [0.15, 0.2) is 5.78 Å². The van der Waals surface area contributed by atoms with Crippen molar-refractivity contribution < 1.29 is 14.8 Å². The molecule has 0 fully saturated rings. The summed E-state index contributed by atoms with van der Waals surface area (Å²) in [7, 11) is 0. The molecule has 1 aromatic rings. The maximum Gasteiger partial charge on any atom is 0.243 e. The van der Waals surface area contributed by atoms with Crippen LogP contribution < -0.4 is 5.48 Å². The SMILES string of the molecule is C.CC(C)c1cccc(C(=O)CCC(=O)NO)c1. The number of benzene rings is 1. The summed E-state index contributed by atoms with van der Waals surface area (Å²) in [4.78, 5) is 22.6. The summed E-state index contributed by atoms with van der Waals surface area (Å²) in [6.07, 6.45) is 0.106. The van der Waals surface area contributed by atoms with Gasteiger partial charge in [0, 0.05) is 18.4 Å². The molecular weight excluding hydrogens is 230 g/mol. The van der Waals surface area contributed by atoms with Gasteiger partial charge >= 0.3 is 0 Å². The van der Waals surface area contributed by atoms with Crippen molar-refractivity contribution in [2.75, 3.05) is 0 Å². The predicted molar refractivity (Wildman–Crippen MR) is 70.8 cm³/mol. The number of rotatable bonds is 5. The summed E-state index contributed by atoms with van der Waals surface area (Å²) in [6.45, 7) is 4.12. The lowest BCUT2D eigenvalue weighted by Crippen LogP contribution is -2.19. The molecule has 1 amide bonds. The topological polar surface area (TPSA) is 66.4 Å². The molecular formula is C14H21NO3. The molecule has 0 radical (unpaired) electrons. The van der Waals surface area contributed by atoms with Gasteiger partial charge in [0.1, 0.15) is 0 Å². The molecule has 0 unspecified atom stereocenters. The van der Waals surface area contributed by atoms with Crippen LogP contribution in [0.25, 0.3) is 0 Å². The maximum atomic E-state index is 11.8. The summed E-state index contributed by atoms with van der Waals surface area (Å²) < 4.78 is 0. The van der Waals surface area contributed by atoms with Crippen molar-refractivity contribution in [2.45, 2.75) is 40.0 Å². The Morgan fingerprint density at radius 3 is 2.50 bits per heavy atom. The average molecular weight is 251 g/mol. The third kappa shape index (κ3) is 4.67. The maximum absolute atomic E-state index is 11.8. The quantitative estimate of drug-likeness (QED) is 0.480. The number of carbonyl (C=O) groups is 2. The minimum atomic E-state index is -0.543. The van der Waals surface area contributed by atoms with Gasteiger partial charge in [0.25, 0.3) is 0 Å². The summed E-state index contributed by atoms with van der Waals surface area (Å²) in [5.41, 5.74) is 3.22. The summed E-state index contributed by atoms with van der Waals surface area (Å²) >= 11 is 0. The molecule has 0 aliphatic rings. The first-order valence-electron chi connectivity index (χ1n) is 5.60. The standard InChI is InChI=1S/C13H17NO3.CH4/c1-9(2)10-4-3-5-11(8-10)12(15)6-7-13(16)14-17;/h3-5,8-9,17H,6-7H2,1-2H3,(H,14,16);1H4. The van der Waals surface area contributed by atoms with Crippen LogP contribution >= 0.6 is 0 Å². The molecule has 2 N–H and O–H groups in total. The number of nitrogens with one attached hydrogen (secondary N) is 1. The van der Waals surface area contributed by atoms with Crippen molar-refractivity contribution in [3.8, 4) is 0 Å². The van der Waals surface area contributed by atoms with Crippen molar-refractivity contribution in [3.63, 3.8) is 0 Å². The van der Waals surface area contributed by atoms with Crippen LogP contribution in [0.3, 0.4) is 0 Å². The van der Waals surface area contributed by atoms with Gasteiger partial charge in [0.05, 0.1) is 0 Å². The number of Topliss-reactive ketones (excluding diaryl/α,β-unsaturated/α-hetero) is 1. The molecule has 0 aromatic heterocycles. The van der Waals surface area contributed by atoms with E-state index in [1.54, 1.807) is 6.07 Å². The van der Waals surface area contributed by atoms with E-state index in [0.29, 0.717) is 11.5 Å². The fourth-order valence-electron chi connectivity index (χ4n) is 1.50. The Hall–Kier alpha value is -1.68. The van der Waals surface area contributed by atoms with Crippen molar-refractivity contribution >= 4 is 11.7 Å². The van der Waals surface area contributed by atoms with Gasteiger partial charge in [-0.1, -0.05) is 39.5 Å². The number of amides is 1.